The van der Waals surface area contributed by atoms with E-state index in [-0.39, 0.29) is 30.4 Å². The average Bonchev–Trinajstić information content (AvgIpc) is 2.51. The van der Waals surface area contributed by atoms with Crippen LogP contribution in [0, 0.1) is 0 Å². The number of rotatable bonds is 6. The topological polar surface area (TPSA) is 108 Å². The molecule has 1 aromatic rings. The quantitative estimate of drug-likeness (QED) is 0.309. The van der Waals surface area contributed by atoms with Crippen molar-refractivity contribution < 1.29 is 24.5 Å². The standard InChI is InChI=1S/C13H16Br2N2O5/c1-22-9(19)3-2-4-16-13(21)17-6-7-5-8(18)12(20)11(15)10(7)14/h5,18,20H,2-4,6H2,1H3,(H2,16,17,21). The number of aromatic hydroxyl groups is 2. The molecule has 1 rings (SSSR count). The monoisotopic (exact) mass is 438 g/mol. The van der Waals surface area contributed by atoms with E-state index in [1.165, 1.54) is 13.2 Å². The first-order valence-corrected chi connectivity index (χ1v) is 7.92. The largest absolute Gasteiger partial charge is 0.504 e. The molecule has 0 spiro atoms. The molecule has 0 atom stereocenters. The first-order chi connectivity index (χ1) is 10.4. The van der Waals surface area contributed by atoms with Gasteiger partial charge in [-0.2, -0.15) is 0 Å². The highest BCUT2D eigenvalue weighted by Crippen LogP contribution is 2.40. The summed E-state index contributed by atoms with van der Waals surface area (Å²) >= 11 is 6.39. The number of phenols is 2. The molecule has 0 aliphatic rings. The second-order valence-electron chi connectivity index (χ2n) is 4.32. The highest BCUT2D eigenvalue weighted by molar-refractivity contribution is 9.13. The summed E-state index contributed by atoms with van der Waals surface area (Å²) in [5.41, 5.74) is 0.590. The van der Waals surface area contributed by atoms with Gasteiger partial charge < -0.3 is 25.6 Å². The van der Waals surface area contributed by atoms with Crippen LogP contribution in [0.3, 0.4) is 0 Å². The zero-order valence-corrected chi connectivity index (χ0v) is 15.0. The fourth-order valence-electron chi connectivity index (χ4n) is 1.56. The van der Waals surface area contributed by atoms with Gasteiger partial charge in [-0.05, 0) is 49.9 Å². The highest BCUT2D eigenvalue weighted by atomic mass is 79.9. The summed E-state index contributed by atoms with van der Waals surface area (Å²) in [6, 6.07) is 0.947. The Kier molecular flexibility index (Phi) is 7.46. The molecule has 22 heavy (non-hydrogen) atoms. The van der Waals surface area contributed by atoms with Gasteiger partial charge in [0, 0.05) is 24.0 Å². The maximum Gasteiger partial charge on any atom is 0.315 e. The second kappa shape index (κ2) is 8.84. The fraction of sp³-hybridized carbons (Fsp3) is 0.385. The number of halogens is 2. The third-order valence-electron chi connectivity index (χ3n) is 2.75. The molecule has 0 aliphatic carbocycles. The molecule has 0 saturated heterocycles. The Labute approximate surface area is 144 Å². The van der Waals surface area contributed by atoms with Crippen LogP contribution in [0.15, 0.2) is 15.0 Å². The summed E-state index contributed by atoms with van der Waals surface area (Å²) in [7, 11) is 1.31. The van der Waals surface area contributed by atoms with Gasteiger partial charge in [-0.3, -0.25) is 4.79 Å². The number of hydrogen-bond acceptors (Lipinski definition) is 5. The summed E-state index contributed by atoms with van der Waals surface area (Å²) in [6.45, 7) is 0.489. The number of carbonyl (C=O) groups is 2. The molecule has 0 aromatic heterocycles. The number of hydrogen-bond donors (Lipinski definition) is 4. The lowest BCUT2D eigenvalue weighted by atomic mass is 10.2. The lowest BCUT2D eigenvalue weighted by molar-refractivity contribution is -0.140. The van der Waals surface area contributed by atoms with Crippen LogP contribution in [-0.4, -0.2) is 35.9 Å². The molecule has 122 valence electrons. The average molecular weight is 440 g/mol. The van der Waals surface area contributed by atoms with Crippen LogP contribution in [0.1, 0.15) is 18.4 Å². The number of benzene rings is 1. The van der Waals surface area contributed by atoms with Gasteiger partial charge in [-0.1, -0.05) is 0 Å². The summed E-state index contributed by atoms with van der Waals surface area (Å²) < 4.78 is 5.33. The Bertz CT molecular complexity index is 566. The van der Waals surface area contributed by atoms with Crippen molar-refractivity contribution >= 4 is 43.9 Å². The van der Waals surface area contributed by atoms with Gasteiger partial charge in [-0.25, -0.2) is 4.79 Å². The normalized spacial score (nSPS) is 10.1. The van der Waals surface area contributed by atoms with E-state index in [4.69, 9.17) is 0 Å². The molecular formula is C13H16Br2N2O5. The zero-order valence-electron chi connectivity index (χ0n) is 11.8. The highest BCUT2D eigenvalue weighted by Gasteiger charge is 2.14. The van der Waals surface area contributed by atoms with Crippen LogP contribution in [0.4, 0.5) is 4.79 Å². The van der Waals surface area contributed by atoms with Crippen LogP contribution >= 0.6 is 31.9 Å². The molecule has 7 nitrogen and oxygen atoms in total. The van der Waals surface area contributed by atoms with Crippen LogP contribution in [0.2, 0.25) is 0 Å². The van der Waals surface area contributed by atoms with E-state index in [2.05, 4.69) is 47.2 Å². The first-order valence-electron chi connectivity index (χ1n) is 6.34. The molecule has 0 radical (unpaired) electrons. The predicted octanol–water partition coefficient (Wildman–Crippen LogP) is 2.38. The molecule has 2 amide bonds. The predicted molar refractivity (Wildman–Crippen MR) is 86.7 cm³/mol. The van der Waals surface area contributed by atoms with Gasteiger partial charge in [0.15, 0.2) is 11.5 Å². The van der Waals surface area contributed by atoms with Gasteiger partial charge in [0.1, 0.15) is 0 Å². The number of carbonyl (C=O) groups excluding carboxylic acids is 2. The molecular weight excluding hydrogens is 424 g/mol. The number of esters is 1. The van der Waals surface area contributed by atoms with Crippen molar-refractivity contribution in [3.05, 3.63) is 20.6 Å². The summed E-state index contributed by atoms with van der Waals surface area (Å²) in [5.74, 6) is -0.885. The molecule has 9 heteroatoms. The zero-order chi connectivity index (χ0) is 16.7. The minimum absolute atomic E-state index is 0.149. The second-order valence-corrected chi connectivity index (χ2v) is 5.91. The van der Waals surface area contributed by atoms with Crippen LogP contribution in [0.25, 0.3) is 0 Å². The van der Waals surface area contributed by atoms with E-state index in [1.807, 2.05) is 0 Å². The number of urea groups is 1. The maximum atomic E-state index is 11.6. The van der Waals surface area contributed by atoms with Crippen LogP contribution in [-0.2, 0) is 16.1 Å². The van der Waals surface area contributed by atoms with Crippen molar-refractivity contribution in [1.29, 1.82) is 0 Å². The molecule has 1 aromatic carbocycles. The van der Waals surface area contributed by atoms with Crippen molar-refractivity contribution in [2.24, 2.45) is 0 Å². The molecule has 0 unspecified atom stereocenters. The van der Waals surface area contributed by atoms with E-state index >= 15 is 0 Å². The number of nitrogens with one attached hydrogen (secondary N) is 2. The number of amides is 2. The van der Waals surface area contributed by atoms with E-state index in [9.17, 15) is 19.8 Å². The number of methoxy groups -OCH3 is 1. The van der Waals surface area contributed by atoms with E-state index in [1.54, 1.807) is 0 Å². The van der Waals surface area contributed by atoms with Crippen molar-refractivity contribution in [3.8, 4) is 11.5 Å². The van der Waals surface area contributed by atoms with Gasteiger partial charge in [0.2, 0.25) is 0 Å². The van der Waals surface area contributed by atoms with E-state index in [0.29, 0.717) is 27.5 Å². The maximum absolute atomic E-state index is 11.6. The Balaban J connectivity index is 2.43. The SMILES string of the molecule is COC(=O)CCCNC(=O)NCc1cc(O)c(O)c(Br)c1Br. The minimum atomic E-state index is -0.402. The number of ether oxygens (including phenoxy) is 1. The molecule has 0 fully saturated rings. The smallest absolute Gasteiger partial charge is 0.315 e. The molecule has 0 saturated carbocycles. The van der Waals surface area contributed by atoms with E-state index in [0.717, 1.165) is 0 Å². The van der Waals surface area contributed by atoms with Crippen molar-refractivity contribution in [3.63, 3.8) is 0 Å². The van der Waals surface area contributed by atoms with Crippen molar-refractivity contribution in [2.75, 3.05) is 13.7 Å². The third-order valence-corrected chi connectivity index (χ3v) is 4.96. The lowest BCUT2D eigenvalue weighted by Crippen LogP contribution is -2.35. The minimum Gasteiger partial charge on any atom is -0.504 e. The summed E-state index contributed by atoms with van der Waals surface area (Å²) in [4.78, 5) is 22.5. The Morgan fingerprint density at radius 1 is 1.23 bits per heavy atom. The molecule has 0 heterocycles. The third kappa shape index (κ3) is 5.38. The van der Waals surface area contributed by atoms with Gasteiger partial charge >= 0.3 is 12.0 Å². The van der Waals surface area contributed by atoms with Gasteiger partial charge in [0.25, 0.3) is 0 Å². The molecule has 0 bridgehead atoms. The van der Waals surface area contributed by atoms with Crippen molar-refractivity contribution in [2.45, 2.75) is 19.4 Å². The Hall–Kier alpha value is -1.48. The summed E-state index contributed by atoms with van der Waals surface area (Å²) in [5, 5.41) is 24.3. The lowest BCUT2D eigenvalue weighted by Gasteiger charge is -2.11. The Morgan fingerprint density at radius 2 is 1.91 bits per heavy atom. The van der Waals surface area contributed by atoms with Crippen LogP contribution < -0.4 is 10.6 Å². The van der Waals surface area contributed by atoms with Gasteiger partial charge in [-0.15, -0.1) is 0 Å². The first kappa shape index (κ1) is 18.6. The molecule has 0 aliphatic heterocycles. The van der Waals surface area contributed by atoms with Crippen molar-refractivity contribution in [1.82, 2.24) is 10.6 Å². The van der Waals surface area contributed by atoms with E-state index < -0.39 is 6.03 Å². The molecule has 4 N–H and O–H groups in total. The number of phenolic OH excluding ortho intramolecular Hbond substituents is 2. The van der Waals surface area contributed by atoms with Gasteiger partial charge in [0.05, 0.1) is 11.6 Å². The van der Waals surface area contributed by atoms with Crippen LogP contribution in [0.5, 0.6) is 11.5 Å². The fourth-order valence-corrected chi connectivity index (χ4v) is 2.46. The Morgan fingerprint density at radius 3 is 2.55 bits per heavy atom. The summed E-state index contributed by atoms with van der Waals surface area (Å²) in [6.07, 6.45) is 0.719.